The Bertz CT molecular complexity index is 1130. The molecule has 3 aromatic rings. The lowest BCUT2D eigenvalue weighted by Crippen LogP contribution is -2.49. The molecule has 0 radical (unpaired) electrons. The van der Waals surface area contributed by atoms with E-state index in [1.165, 1.54) is 18.6 Å². The van der Waals surface area contributed by atoms with Crippen LogP contribution in [0.4, 0.5) is 10.1 Å². The highest BCUT2D eigenvalue weighted by molar-refractivity contribution is 5.94. The van der Waals surface area contributed by atoms with Crippen LogP contribution in [0.5, 0.6) is 0 Å². The number of carbonyl (C=O) groups excluding carboxylic acids is 2. The van der Waals surface area contributed by atoms with E-state index in [1.54, 1.807) is 17.0 Å². The fourth-order valence-corrected chi connectivity index (χ4v) is 3.91. The smallest absolute Gasteiger partial charge is 0.227 e. The first-order valence-corrected chi connectivity index (χ1v) is 11.2. The zero-order valence-electron chi connectivity index (χ0n) is 18.9. The molecule has 0 unspecified atom stereocenters. The molecule has 1 aliphatic heterocycles. The number of hydrogen-bond acceptors (Lipinski definition) is 6. The van der Waals surface area contributed by atoms with E-state index in [9.17, 15) is 14.0 Å². The van der Waals surface area contributed by atoms with Crippen molar-refractivity contribution in [3.63, 3.8) is 0 Å². The monoisotopic (exact) mass is 450 g/mol. The molecule has 0 saturated carbocycles. The summed E-state index contributed by atoms with van der Waals surface area (Å²) in [7, 11) is 0. The van der Waals surface area contributed by atoms with E-state index < -0.39 is 5.82 Å². The van der Waals surface area contributed by atoms with Crippen LogP contribution in [0.2, 0.25) is 0 Å². The first-order valence-electron chi connectivity index (χ1n) is 11.2. The number of anilines is 1. The molecule has 0 N–H and O–H groups in total. The Morgan fingerprint density at radius 1 is 1.06 bits per heavy atom. The molecule has 0 spiro atoms. The second-order valence-corrected chi connectivity index (χ2v) is 8.15. The molecule has 4 rings (SSSR count). The third kappa shape index (κ3) is 5.27. The number of benzene rings is 2. The van der Waals surface area contributed by atoms with E-state index in [0.29, 0.717) is 55.6 Å². The van der Waals surface area contributed by atoms with Crippen LogP contribution in [-0.2, 0) is 17.6 Å². The lowest BCUT2D eigenvalue weighted by Gasteiger charge is -2.36. The average molecular weight is 451 g/mol. The predicted octanol–water partition coefficient (Wildman–Crippen LogP) is 3.92. The van der Waals surface area contributed by atoms with Crippen LogP contribution in [0.1, 0.15) is 42.1 Å². The van der Waals surface area contributed by atoms with Crippen molar-refractivity contribution in [3.05, 3.63) is 65.3 Å². The van der Waals surface area contributed by atoms with Crippen LogP contribution in [-0.4, -0.2) is 52.9 Å². The molecule has 1 saturated heterocycles. The lowest BCUT2D eigenvalue weighted by atomic mass is 10.1. The van der Waals surface area contributed by atoms with Gasteiger partial charge in [-0.1, -0.05) is 36.3 Å². The summed E-state index contributed by atoms with van der Waals surface area (Å²) < 4.78 is 19.7. The van der Waals surface area contributed by atoms with Gasteiger partial charge in [-0.3, -0.25) is 9.59 Å². The normalized spacial score (nSPS) is 13.9. The largest absolute Gasteiger partial charge is 0.366 e. The summed E-state index contributed by atoms with van der Waals surface area (Å²) in [6.45, 7) is 5.58. The Kier molecular flexibility index (Phi) is 6.82. The first-order chi connectivity index (χ1) is 15.9. The Labute approximate surface area is 192 Å². The summed E-state index contributed by atoms with van der Waals surface area (Å²) in [4.78, 5) is 32.2. The van der Waals surface area contributed by atoms with Crippen molar-refractivity contribution in [2.24, 2.45) is 0 Å². The third-order valence-corrected chi connectivity index (χ3v) is 5.97. The van der Waals surface area contributed by atoms with Crippen molar-refractivity contribution in [2.45, 2.75) is 33.1 Å². The minimum absolute atomic E-state index is 0.00842. The standard InChI is InChI=1S/C25H27FN4O3/c1-3-18-4-6-19(7-5-18)25-27-23(33-28-25)10-11-24(32)30-14-12-29(13-15-30)22-9-8-20(17(2)31)16-21(22)26/h4-9,16H,3,10-15H2,1-2H3. The summed E-state index contributed by atoms with van der Waals surface area (Å²) >= 11 is 0. The van der Waals surface area contributed by atoms with Gasteiger partial charge in [0.25, 0.3) is 0 Å². The highest BCUT2D eigenvalue weighted by Gasteiger charge is 2.23. The Morgan fingerprint density at radius 2 is 1.79 bits per heavy atom. The van der Waals surface area contributed by atoms with Gasteiger partial charge in [0, 0.05) is 50.1 Å². The molecule has 0 aliphatic carbocycles. The van der Waals surface area contributed by atoms with Gasteiger partial charge in [0.15, 0.2) is 5.78 Å². The number of Topliss-reactive ketones (excluding diaryl/α,β-unsaturated/α-hetero) is 1. The number of piperazine rings is 1. The van der Waals surface area contributed by atoms with Gasteiger partial charge in [-0.25, -0.2) is 4.39 Å². The fourth-order valence-electron chi connectivity index (χ4n) is 3.91. The number of aryl methyl sites for hydroxylation is 2. The number of nitrogens with zero attached hydrogens (tertiary/aromatic N) is 4. The van der Waals surface area contributed by atoms with Gasteiger partial charge >= 0.3 is 0 Å². The van der Waals surface area contributed by atoms with E-state index in [4.69, 9.17) is 4.52 Å². The van der Waals surface area contributed by atoms with Crippen molar-refractivity contribution >= 4 is 17.4 Å². The van der Waals surface area contributed by atoms with Gasteiger partial charge < -0.3 is 14.3 Å². The molecule has 2 heterocycles. The SMILES string of the molecule is CCc1ccc(-c2noc(CCC(=O)N3CCN(c4ccc(C(C)=O)cc4F)CC3)n2)cc1. The van der Waals surface area contributed by atoms with Crippen molar-refractivity contribution in [1.82, 2.24) is 15.0 Å². The van der Waals surface area contributed by atoms with Crippen LogP contribution in [0, 0.1) is 5.82 Å². The van der Waals surface area contributed by atoms with Gasteiger partial charge in [0.1, 0.15) is 5.82 Å². The number of halogens is 1. The zero-order valence-corrected chi connectivity index (χ0v) is 18.9. The molecular weight excluding hydrogens is 423 g/mol. The number of rotatable bonds is 7. The van der Waals surface area contributed by atoms with Gasteiger partial charge in [-0.2, -0.15) is 4.98 Å². The minimum atomic E-state index is -0.418. The predicted molar refractivity (Wildman–Crippen MR) is 123 cm³/mol. The van der Waals surface area contributed by atoms with Crippen molar-refractivity contribution < 1.29 is 18.5 Å². The van der Waals surface area contributed by atoms with Crippen molar-refractivity contribution in [3.8, 4) is 11.4 Å². The molecule has 33 heavy (non-hydrogen) atoms. The van der Waals surface area contributed by atoms with Crippen LogP contribution in [0.3, 0.4) is 0 Å². The first kappa shape index (κ1) is 22.6. The van der Waals surface area contributed by atoms with E-state index in [0.717, 1.165) is 12.0 Å². The molecule has 8 heteroatoms. The number of aromatic nitrogens is 2. The molecule has 1 amide bonds. The van der Waals surface area contributed by atoms with E-state index in [1.807, 2.05) is 29.2 Å². The number of ketones is 1. The van der Waals surface area contributed by atoms with Gasteiger partial charge in [0.2, 0.25) is 17.6 Å². The zero-order chi connectivity index (χ0) is 23.4. The molecular formula is C25H27FN4O3. The number of carbonyl (C=O) groups is 2. The molecule has 1 aliphatic rings. The molecule has 7 nitrogen and oxygen atoms in total. The van der Waals surface area contributed by atoms with Crippen LogP contribution >= 0.6 is 0 Å². The van der Waals surface area contributed by atoms with Crippen molar-refractivity contribution in [1.29, 1.82) is 0 Å². The molecule has 0 atom stereocenters. The second-order valence-electron chi connectivity index (χ2n) is 8.15. The molecule has 1 fully saturated rings. The molecule has 0 bridgehead atoms. The maximum atomic E-state index is 14.4. The maximum Gasteiger partial charge on any atom is 0.227 e. The Morgan fingerprint density at radius 3 is 2.42 bits per heavy atom. The summed E-state index contributed by atoms with van der Waals surface area (Å²) in [6.07, 6.45) is 1.62. The second kappa shape index (κ2) is 9.94. The van der Waals surface area contributed by atoms with E-state index in [2.05, 4.69) is 17.1 Å². The third-order valence-electron chi connectivity index (χ3n) is 5.97. The van der Waals surface area contributed by atoms with Gasteiger partial charge in [-0.05, 0) is 37.1 Å². The van der Waals surface area contributed by atoms with Crippen LogP contribution < -0.4 is 4.90 Å². The van der Waals surface area contributed by atoms with Gasteiger partial charge in [-0.15, -0.1) is 0 Å². The fraction of sp³-hybridized carbons (Fsp3) is 0.360. The van der Waals surface area contributed by atoms with Crippen molar-refractivity contribution in [2.75, 3.05) is 31.1 Å². The van der Waals surface area contributed by atoms with E-state index in [-0.39, 0.29) is 18.1 Å². The Hall–Kier alpha value is -3.55. The summed E-state index contributed by atoms with van der Waals surface area (Å²) in [5.74, 6) is 0.377. The Balaban J connectivity index is 1.28. The van der Waals surface area contributed by atoms with Gasteiger partial charge in [0.05, 0.1) is 5.69 Å². The maximum absolute atomic E-state index is 14.4. The number of amides is 1. The van der Waals surface area contributed by atoms with Crippen LogP contribution in [0.25, 0.3) is 11.4 Å². The summed E-state index contributed by atoms with van der Waals surface area (Å²) in [5, 5.41) is 4.03. The molecule has 172 valence electrons. The average Bonchev–Trinajstić information content (AvgIpc) is 3.31. The highest BCUT2D eigenvalue weighted by Crippen LogP contribution is 2.23. The van der Waals surface area contributed by atoms with E-state index >= 15 is 0 Å². The lowest BCUT2D eigenvalue weighted by molar-refractivity contribution is -0.131. The summed E-state index contributed by atoms with van der Waals surface area (Å²) in [5.41, 5.74) is 2.93. The molecule has 2 aromatic carbocycles. The number of hydrogen-bond donors (Lipinski definition) is 0. The highest BCUT2D eigenvalue weighted by atomic mass is 19.1. The quantitative estimate of drug-likeness (QED) is 0.508. The minimum Gasteiger partial charge on any atom is -0.366 e. The summed E-state index contributed by atoms with van der Waals surface area (Å²) in [6, 6.07) is 12.5. The molecule has 1 aromatic heterocycles. The topological polar surface area (TPSA) is 79.5 Å². The van der Waals surface area contributed by atoms with Crippen LogP contribution in [0.15, 0.2) is 47.0 Å².